The highest BCUT2D eigenvalue weighted by Gasteiger charge is 2.03. The number of anilines is 3. The van der Waals surface area contributed by atoms with Gasteiger partial charge in [-0.15, -0.1) is 5.10 Å². The van der Waals surface area contributed by atoms with Gasteiger partial charge in [0.05, 0.1) is 19.9 Å². The minimum Gasteiger partial charge on any atom is -0.497 e. The van der Waals surface area contributed by atoms with E-state index in [2.05, 4.69) is 51.8 Å². The number of nitrogens with zero attached hydrogens (tertiary/aromatic N) is 3. The van der Waals surface area contributed by atoms with Crippen molar-refractivity contribution in [3.63, 3.8) is 0 Å². The fourth-order valence-electron chi connectivity index (χ4n) is 2.54. The van der Waals surface area contributed by atoms with Crippen molar-refractivity contribution in [3.05, 3.63) is 60.3 Å². The molecule has 0 unspecified atom stereocenters. The largest absolute Gasteiger partial charge is 0.497 e. The second-order valence-corrected chi connectivity index (χ2v) is 6.52. The molecular weight excluding hydrogens is 354 g/mol. The molecule has 0 aliphatic rings. The SMILES string of the molecule is COc1ccc(OCCNc2nncc(Nc3ccc(C(C)C)cc3)n2)cc1. The Labute approximate surface area is 165 Å². The van der Waals surface area contributed by atoms with Gasteiger partial charge >= 0.3 is 0 Å². The molecule has 2 N–H and O–H groups in total. The Morgan fingerprint density at radius 1 is 0.964 bits per heavy atom. The van der Waals surface area contributed by atoms with Crippen LogP contribution in [0.25, 0.3) is 0 Å². The molecule has 0 radical (unpaired) electrons. The molecule has 0 atom stereocenters. The normalized spacial score (nSPS) is 10.6. The van der Waals surface area contributed by atoms with Gasteiger partial charge in [0.2, 0.25) is 5.95 Å². The summed E-state index contributed by atoms with van der Waals surface area (Å²) in [5, 5.41) is 14.3. The van der Waals surface area contributed by atoms with Crippen LogP contribution < -0.4 is 20.1 Å². The van der Waals surface area contributed by atoms with Crippen molar-refractivity contribution in [3.8, 4) is 11.5 Å². The number of rotatable bonds is 9. The first-order valence-corrected chi connectivity index (χ1v) is 9.21. The first-order valence-electron chi connectivity index (χ1n) is 9.21. The van der Waals surface area contributed by atoms with Gasteiger partial charge in [0, 0.05) is 5.69 Å². The fourth-order valence-corrected chi connectivity index (χ4v) is 2.54. The molecule has 0 aliphatic carbocycles. The third kappa shape index (κ3) is 5.57. The number of hydrogen-bond donors (Lipinski definition) is 2. The van der Waals surface area contributed by atoms with Crippen LogP contribution in [0.4, 0.5) is 17.5 Å². The molecule has 0 bridgehead atoms. The van der Waals surface area contributed by atoms with Crippen molar-refractivity contribution in [1.82, 2.24) is 15.2 Å². The van der Waals surface area contributed by atoms with Gasteiger partial charge in [-0.25, -0.2) is 0 Å². The standard InChI is InChI=1S/C21H25N5O2/c1-15(2)16-4-6-17(7-5-16)24-20-14-23-26-21(25-20)22-12-13-28-19-10-8-18(27-3)9-11-19/h4-11,14-15H,12-13H2,1-3H3,(H2,22,24,25,26). The lowest BCUT2D eigenvalue weighted by molar-refractivity contribution is 0.331. The maximum atomic E-state index is 5.67. The molecule has 7 heteroatoms. The number of ether oxygens (including phenoxy) is 2. The summed E-state index contributed by atoms with van der Waals surface area (Å²) >= 11 is 0. The zero-order valence-electron chi connectivity index (χ0n) is 16.3. The molecular formula is C21H25N5O2. The van der Waals surface area contributed by atoms with Gasteiger partial charge in [-0.05, 0) is 47.9 Å². The van der Waals surface area contributed by atoms with E-state index >= 15 is 0 Å². The van der Waals surface area contributed by atoms with Crippen molar-refractivity contribution in [2.75, 3.05) is 30.9 Å². The van der Waals surface area contributed by atoms with Gasteiger partial charge in [-0.2, -0.15) is 10.1 Å². The summed E-state index contributed by atoms with van der Waals surface area (Å²) in [6, 6.07) is 15.7. The van der Waals surface area contributed by atoms with Gasteiger partial charge in [-0.3, -0.25) is 0 Å². The quantitative estimate of drug-likeness (QED) is 0.538. The topological polar surface area (TPSA) is 81.2 Å². The molecule has 0 aliphatic heterocycles. The van der Waals surface area contributed by atoms with Gasteiger partial charge in [0.15, 0.2) is 5.82 Å². The maximum absolute atomic E-state index is 5.67. The molecule has 7 nitrogen and oxygen atoms in total. The Balaban J connectivity index is 1.48. The third-order valence-electron chi connectivity index (χ3n) is 4.12. The van der Waals surface area contributed by atoms with E-state index in [0.717, 1.165) is 17.2 Å². The Morgan fingerprint density at radius 3 is 2.36 bits per heavy atom. The summed E-state index contributed by atoms with van der Waals surface area (Å²) < 4.78 is 10.8. The average molecular weight is 379 g/mol. The summed E-state index contributed by atoms with van der Waals surface area (Å²) in [4.78, 5) is 4.42. The molecule has 1 heterocycles. The minimum atomic E-state index is 0.446. The van der Waals surface area contributed by atoms with Crippen molar-refractivity contribution in [2.45, 2.75) is 19.8 Å². The van der Waals surface area contributed by atoms with E-state index in [-0.39, 0.29) is 0 Å². The van der Waals surface area contributed by atoms with Crippen LogP contribution in [0.3, 0.4) is 0 Å². The molecule has 0 saturated carbocycles. The highest BCUT2D eigenvalue weighted by molar-refractivity contribution is 5.56. The smallest absolute Gasteiger partial charge is 0.244 e. The Kier molecular flexibility index (Phi) is 6.62. The zero-order chi connectivity index (χ0) is 19.8. The van der Waals surface area contributed by atoms with Crippen molar-refractivity contribution < 1.29 is 9.47 Å². The molecule has 0 amide bonds. The lowest BCUT2D eigenvalue weighted by Gasteiger charge is -2.10. The number of hydrogen-bond acceptors (Lipinski definition) is 7. The predicted molar refractivity (Wildman–Crippen MR) is 111 cm³/mol. The van der Waals surface area contributed by atoms with Gasteiger partial charge in [-0.1, -0.05) is 26.0 Å². The van der Waals surface area contributed by atoms with Crippen molar-refractivity contribution >= 4 is 17.5 Å². The first kappa shape index (κ1) is 19.4. The van der Waals surface area contributed by atoms with Gasteiger partial charge < -0.3 is 20.1 Å². The van der Waals surface area contributed by atoms with E-state index in [0.29, 0.717) is 30.8 Å². The van der Waals surface area contributed by atoms with Crippen LogP contribution in [0.15, 0.2) is 54.7 Å². The first-order chi connectivity index (χ1) is 13.6. The summed E-state index contributed by atoms with van der Waals surface area (Å²) in [6.07, 6.45) is 1.59. The van der Waals surface area contributed by atoms with Crippen LogP contribution in [-0.4, -0.2) is 35.4 Å². The molecule has 3 aromatic rings. The summed E-state index contributed by atoms with van der Waals surface area (Å²) in [5.74, 6) is 3.16. The second-order valence-electron chi connectivity index (χ2n) is 6.52. The number of methoxy groups -OCH3 is 1. The van der Waals surface area contributed by atoms with Crippen LogP contribution in [0.5, 0.6) is 11.5 Å². The van der Waals surface area contributed by atoms with E-state index in [1.54, 1.807) is 13.3 Å². The van der Waals surface area contributed by atoms with E-state index in [4.69, 9.17) is 9.47 Å². The molecule has 3 rings (SSSR count). The van der Waals surface area contributed by atoms with Crippen molar-refractivity contribution in [2.24, 2.45) is 0 Å². The monoisotopic (exact) mass is 379 g/mol. The molecule has 0 spiro atoms. The summed E-state index contributed by atoms with van der Waals surface area (Å²) in [5.41, 5.74) is 2.25. The fraction of sp³-hybridized carbons (Fsp3) is 0.286. The Bertz CT molecular complexity index is 867. The predicted octanol–water partition coefficient (Wildman–Crippen LogP) is 4.24. The maximum Gasteiger partial charge on any atom is 0.244 e. The van der Waals surface area contributed by atoms with Crippen molar-refractivity contribution in [1.29, 1.82) is 0 Å². The summed E-state index contributed by atoms with van der Waals surface area (Å²) in [7, 11) is 1.64. The van der Waals surface area contributed by atoms with Crippen LogP contribution in [0.1, 0.15) is 25.3 Å². The Hall–Kier alpha value is -3.35. The molecule has 2 aromatic carbocycles. The molecule has 0 saturated heterocycles. The third-order valence-corrected chi connectivity index (χ3v) is 4.12. The highest BCUT2D eigenvalue weighted by atomic mass is 16.5. The van der Waals surface area contributed by atoms with Gasteiger partial charge in [0.1, 0.15) is 18.1 Å². The summed E-state index contributed by atoms with van der Waals surface area (Å²) in [6.45, 7) is 5.38. The second kappa shape index (κ2) is 9.55. The number of nitrogens with one attached hydrogen (secondary N) is 2. The zero-order valence-corrected chi connectivity index (χ0v) is 16.3. The minimum absolute atomic E-state index is 0.446. The van der Waals surface area contributed by atoms with Gasteiger partial charge in [0.25, 0.3) is 0 Å². The van der Waals surface area contributed by atoms with E-state index < -0.39 is 0 Å². The highest BCUT2D eigenvalue weighted by Crippen LogP contribution is 2.20. The Morgan fingerprint density at radius 2 is 1.68 bits per heavy atom. The molecule has 28 heavy (non-hydrogen) atoms. The molecule has 0 fully saturated rings. The lowest BCUT2D eigenvalue weighted by atomic mass is 10.0. The van der Waals surface area contributed by atoms with Crippen LogP contribution in [-0.2, 0) is 0 Å². The number of aromatic nitrogens is 3. The van der Waals surface area contributed by atoms with E-state index in [1.807, 2.05) is 36.4 Å². The lowest BCUT2D eigenvalue weighted by Crippen LogP contribution is -2.14. The van der Waals surface area contributed by atoms with Crippen LogP contribution >= 0.6 is 0 Å². The van der Waals surface area contributed by atoms with E-state index in [9.17, 15) is 0 Å². The van der Waals surface area contributed by atoms with Crippen LogP contribution in [0, 0.1) is 0 Å². The average Bonchev–Trinajstić information content (AvgIpc) is 2.72. The molecule has 1 aromatic heterocycles. The van der Waals surface area contributed by atoms with E-state index in [1.165, 1.54) is 5.56 Å². The van der Waals surface area contributed by atoms with Crippen LogP contribution in [0.2, 0.25) is 0 Å². The molecule has 146 valence electrons. The number of benzene rings is 2.